The van der Waals surface area contributed by atoms with E-state index in [0.29, 0.717) is 0 Å². The topological polar surface area (TPSA) is 200 Å². The molecule has 4 rings (SSSR count). The summed E-state index contributed by atoms with van der Waals surface area (Å²) in [5.41, 5.74) is -1.28. The van der Waals surface area contributed by atoms with Crippen LogP contribution in [-0.4, -0.2) is 74.1 Å². The highest BCUT2D eigenvalue weighted by Crippen LogP contribution is 2.43. The summed E-state index contributed by atoms with van der Waals surface area (Å²) in [7, 11) is 1.21. The van der Waals surface area contributed by atoms with E-state index in [1.165, 1.54) is 7.11 Å². The van der Waals surface area contributed by atoms with Crippen molar-refractivity contribution in [2.24, 2.45) is 0 Å². The Labute approximate surface area is 184 Å². The first-order valence-electron chi connectivity index (χ1n) is 9.58. The Bertz CT molecular complexity index is 1240. The smallest absolute Gasteiger partial charge is 0.239 e. The Kier molecular flexibility index (Phi) is 5.68. The molecule has 0 saturated carbocycles. The number of fused-ring (bicyclic) bond motifs is 1. The van der Waals surface area contributed by atoms with Crippen LogP contribution in [0.3, 0.4) is 0 Å². The summed E-state index contributed by atoms with van der Waals surface area (Å²) < 4.78 is 21.3. The van der Waals surface area contributed by atoms with Crippen LogP contribution in [0.2, 0.25) is 0 Å². The number of methoxy groups -OCH3 is 1. The average molecular weight is 464 g/mol. The van der Waals surface area contributed by atoms with E-state index in [4.69, 9.17) is 18.6 Å². The van der Waals surface area contributed by atoms with Gasteiger partial charge in [-0.1, -0.05) is 0 Å². The van der Waals surface area contributed by atoms with E-state index in [9.17, 15) is 40.5 Å². The second kappa shape index (κ2) is 8.33. The highest BCUT2D eigenvalue weighted by molar-refractivity contribution is 5.88. The Morgan fingerprint density at radius 1 is 0.909 bits per heavy atom. The van der Waals surface area contributed by atoms with Gasteiger partial charge in [0.1, 0.15) is 40.8 Å². The third-order valence-corrected chi connectivity index (χ3v) is 5.12. The maximum atomic E-state index is 13.2. The molecule has 0 spiro atoms. The van der Waals surface area contributed by atoms with Gasteiger partial charge in [-0.2, -0.15) is 0 Å². The number of ether oxygens (including phenoxy) is 3. The fourth-order valence-electron chi connectivity index (χ4n) is 3.50. The first-order valence-corrected chi connectivity index (χ1v) is 9.58. The van der Waals surface area contributed by atoms with Crippen molar-refractivity contribution in [3.05, 3.63) is 34.5 Å². The van der Waals surface area contributed by atoms with Crippen molar-refractivity contribution < 1.29 is 54.4 Å². The number of aliphatic hydroxyl groups is 3. The summed E-state index contributed by atoms with van der Waals surface area (Å²) in [5, 5.41) is 69.7. The lowest BCUT2D eigenvalue weighted by Gasteiger charge is -2.34. The van der Waals surface area contributed by atoms with Gasteiger partial charge in [-0.15, -0.1) is 0 Å². The molecule has 2 aromatic carbocycles. The minimum atomic E-state index is -1.76. The third kappa shape index (κ3) is 3.85. The lowest BCUT2D eigenvalue weighted by molar-refractivity contribution is -0.242. The molecular formula is C21H20O12. The van der Waals surface area contributed by atoms with E-state index >= 15 is 0 Å². The molecule has 0 radical (unpaired) electrons. The number of hydrogen-bond acceptors (Lipinski definition) is 12. The minimum absolute atomic E-state index is 0.0754. The molecule has 0 bridgehead atoms. The van der Waals surface area contributed by atoms with Gasteiger partial charge >= 0.3 is 0 Å². The molecule has 4 atom stereocenters. The summed E-state index contributed by atoms with van der Waals surface area (Å²) in [6.45, 7) is -0.416. The van der Waals surface area contributed by atoms with Crippen LogP contribution in [0.25, 0.3) is 22.3 Å². The zero-order valence-electron chi connectivity index (χ0n) is 17.0. The van der Waals surface area contributed by atoms with Crippen molar-refractivity contribution in [1.82, 2.24) is 0 Å². The van der Waals surface area contributed by atoms with E-state index in [1.807, 2.05) is 0 Å². The molecule has 1 aliphatic rings. The molecule has 0 aliphatic carbocycles. The van der Waals surface area contributed by atoms with Gasteiger partial charge in [0.2, 0.25) is 23.2 Å². The summed E-state index contributed by atoms with van der Waals surface area (Å²) in [5.74, 6) is -3.28. The van der Waals surface area contributed by atoms with Crippen LogP contribution in [-0.2, 0) is 4.74 Å². The lowest BCUT2D eigenvalue weighted by Crippen LogP contribution is -2.55. The van der Waals surface area contributed by atoms with Crippen molar-refractivity contribution in [1.29, 1.82) is 0 Å². The fourth-order valence-corrected chi connectivity index (χ4v) is 3.50. The van der Waals surface area contributed by atoms with Gasteiger partial charge in [-0.25, -0.2) is 0 Å². The Morgan fingerprint density at radius 3 is 2.21 bits per heavy atom. The largest absolute Gasteiger partial charge is 0.508 e. The van der Waals surface area contributed by atoms with E-state index in [1.54, 1.807) is 0 Å². The first-order chi connectivity index (χ1) is 15.6. The average Bonchev–Trinajstić information content (AvgIpc) is 2.74. The standard InChI is InChI=1S/C21H20O12/c1-30-19-10(24)2-7(3-11(19)25)18-20(33-21-17(29)15(27)12(26)6-31-21)16(28)14-9(23)4-8(22)5-13(14)32-18/h2-5,12,15,17,21-27,29H,6H2,1H3/t12-,15+,17-,21+/m1/s1. The molecule has 1 saturated heterocycles. The van der Waals surface area contributed by atoms with Gasteiger partial charge in [0.05, 0.1) is 13.7 Å². The second-order valence-electron chi connectivity index (χ2n) is 7.34. The van der Waals surface area contributed by atoms with Gasteiger partial charge in [-0.05, 0) is 12.1 Å². The van der Waals surface area contributed by atoms with Crippen LogP contribution < -0.4 is 14.9 Å². The number of hydrogen-bond donors (Lipinski definition) is 7. The van der Waals surface area contributed by atoms with Crippen molar-refractivity contribution in [2.75, 3.05) is 13.7 Å². The first kappa shape index (κ1) is 22.5. The molecule has 0 unspecified atom stereocenters. The van der Waals surface area contributed by atoms with Crippen LogP contribution in [0.15, 0.2) is 33.5 Å². The summed E-state index contributed by atoms with van der Waals surface area (Å²) >= 11 is 0. The highest BCUT2D eigenvalue weighted by Gasteiger charge is 2.40. The summed E-state index contributed by atoms with van der Waals surface area (Å²) in [4.78, 5) is 13.2. The van der Waals surface area contributed by atoms with Crippen LogP contribution >= 0.6 is 0 Å². The molecule has 12 heteroatoms. The van der Waals surface area contributed by atoms with Crippen LogP contribution in [0.4, 0.5) is 0 Å². The van der Waals surface area contributed by atoms with Crippen molar-refractivity contribution in [3.63, 3.8) is 0 Å². The normalized spacial score (nSPS) is 22.9. The van der Waals surface area contributed by atoms with E-state index < -0.39 is 65.4 Å². The molecule has 2 heterocycles. The maximum Gasteiger partial charge on any atom is 0.239 e. The second-order valence-corrected chi connectivity index (χ2v) is 7.34. The van der Waals surface area contributed by atoms with E-state index in [-0.39, 0.29) is 28.0 Å². The number of aliphatic hydroxyl groups excluding tert-OH is 3. The number of aromatic hydroxyl groups is 4. The van der Waals surface area contributed by atoms with Crippen LogP contribution in [0.1, 0.15) is 0 Å². The number of phenolic OH excluding ortho intramolecular Hbond substituents is 4. The minimum Gasteiger partial charge on any atom is -0.508 e. The predicted molar refractivity (Wildman–Crippen MR) is 110 cm³/mol. The molecule has 33 heavy (non-hydrogen) atoms. The third-order valence-electron chi connectivity index (χ3n) is 5.12. The fraction of sp³-hybridized carbons (Fsp3) is 0.286. The highest BCUT2D eigenvalue weighted by atomic mass is 16.7. The molecule has 1 aliphatic heterocycles. The number of rotatable bonds is 4. The Balaban J connectivity index is 1.94. The molecule has 0 amide bonds. The van der Waals surface area contributed by atoms with Crippen molar-refractivity contribution in [3.8, 4) is 45.8 Å². The SMILES string of the molecule is COc1c(O)cc(-c2oc3cc(O)cc(O)c3c(=O)c2O[C@@H]2OC[C@@H](O)[C@H](O)[C@H]2O)cc1O. The van der Waals surface area contributed by atoms with Crippen molar-refractivity contribution in [2.45, 2.75) is 24.6 Å². The molecule has 1 aromatic heterocycles. The van der Waals surface area contributed by atoms with Crippen molar-refractivity contribution >= 4 is 11.0 Å². The van der Waals surface area contributed by atoms with E-state index in [0.717, 1.165) is 24.3 Å². The quantitative estimate of drug-likeness (QED) is 0.275. The zero-order chi connectivity index (χ0) is 24.0. The van der Waals surface area contributed by atoms with Crippen LogP contribution in [0, 0.1) is 0 Å². The molecular weight excluding hydrogens is 444 g/mol. The maximum absolute atomic E-state index is 13.2. The summed E-state index contributed by atoms with van der Waals surface area (Å²) in [6, 6.07) is 4.14. The molecule has 1 fully saturated rings. The van der Waals surface area contributed by atoms with E-state index in [2.05, 4.69) is 0 Å². The van der Waals surface area contributed by atoms with Crippen LogP contribution in [0.5, 0.6) is 34.5 Å². The van der Waals surface area contributed by atoms with Gasteiger partial charge in [0, 0.05) is 17.7 Å². The molecule has 3 aromatic rings. The lowest BCUT2D eigenvalue weighted by atomic mass is 10.1. The Hall–Kier alpha value is -3.71. The molecule has 12 nitrogen and oxygen atoms in total. The molecule has 176 valence electrons. The van der Waals surface area contributed by atoms with Gasteiger partial charge in [0.25, 0.3) is 0 Å². The van der Waals surface area contributed by atoms with Gasteiger partial charge in [-0.3, -0.25) is 4.79 Å². The predicted octanol–water partition coefficient (Wildman–Crippen LogP) is 0.109. The van der Waals surface area contributed by atoms with Gasteiger partial charge < -0.3 is 54.4 Å². The number of phenols is 4. The zero-order valence-corrected chi connectivity index (χ0v) is 17.0. The molecule has 7 N–H and O–H groups in total. The number of benzene rings is 2. The monoisotopic (exact) mass is 464 g/mol. The Morgan fingerprint density at radius 2 is 1.58 bits per heavy atom. The van der Waals surface area contributed by atoms with Gasteiger partial charge in [0.15, 0.2) is 17.3 Å². The summed E-state index contributed by atoms with van der Waals surface area (Å²) in [6.07, 6.45) is -6.42.